The van der Waals surface area contributed by atoms with Gasteiger partial charge in [-0.2, -0.15) is 5.10 Å². The van der Waals surface area contributed by atoms with Crippen LogP contribution in [0.4, 0.5) is 0 Å². The first kappa shape index (κ1) is 14.6. The Hall–Kier alpha value is -3.03. The lowest BCUT2D eigenvalue weighted by molar-refractivity contribution is 0.0689. The quantitative estimate of drug-likeness (QED) is 0.854. The van der Waals surface area contributed by atoms with E-state index in [1.165, 1.54) is 0 Å². The molecule has 0 saturated carbocycles. The number of aromatic amines is 1. The summed E-state index contributed by atoms with van der Waals surface area (Å²) in [5, 5.41) is 15.7. The van der Waals surface area contributed by atoms with Gasteiger partial charge in [-0.25, -0.2) is 4.79 Å². The maximum absolute atomic E-state index is 12.9. The first-order valence-electron chi connectivity index (χ1n) is 7.62. The maximum Gasteiger partial charge on any atom is 0.356 e. The van der Waals surface area contributed by atoms with E-state index in [1.807, 2.05) is 0 Å². The van der Waals surface area contributed by atoms with Crippen LogP contribution in [0.2, 0.25) is 0 Å². The second kappa shape index (κ2) is 5.55. The minimum absolute atomic E-state index is 0.0333. The van der Waals surface area contributed by atoms with E-state index in [4.69, 9.17) is 14.6 Å². The maximum atomic E-state index is 12.9. The van der Waals surface area contributed by atoms with Crippen LogP contribution >= 0.6 is 0 Å². The van der Waals surface area contributed by atoms with E-state index in [1.54, 1.807) is 23.1 Å². The van der Waals surface area contributed by atoms with Gasteiger partial charge in [0.2, 0.25) is 0 Å². The average Bonchev–Trinajstić information content (AvgIpc) is 3.04. The third-order valence-electron chi connectivity index (χ3n) is 4.22. The molecule has 0 aliphatic carbocycles. The molecule has 2 aliphatic rings. The van der Waals surface area contributed by atoms with Crippen molar-refractivity contribution in [1.29, 1.82) is 0 Å². The number of hydrogen-bond acceptors (Lipinski definition) is 5. The van der Waals surface area contributed by atoms with Crippen molar-refractivity contribution in [3.8, 4) is 11.5 Å². The molecule has 24 heavy (non-hydrogen) atoms. The van der Waals surface area contributed by atoms with Crippen molar-refractivity contribution >= 4 is 11.9 Å². The summed E-state index contributed by atoms with van der Waals surface area (Å²) in [6.45, 7) is 1.59. The topological polar surface area (TPSA) is 105 Å². The predicted octanol–water partition coefficient (Wildman–Crippen LogP) is 1.08. The average molecular weight is 329 g/mol. The monoisotopic (exact) mass is 329 g/mol. The highest BCUT2D eigenvalue weighted by molar-refractivity contribution is 5.98. The Morgan fingerprint density at radius 3 is 2.92 bits per heavy atom. The van der Waals surface area contributed by atoms with E-state index in [2.05, 4.69) is 10.2 Å². The number of nitrogens with one attached hydrogen (secondary N) is 1. The number of fused-ring (bicyclic) bond motifs is 2. The number of H-pyrrole nitrogens is 1. The Bertz CT molecular complexity index is 829. The highest BCUT2D eigenvalue weighted by atomic mass is 16.6. The van der Waals surface area contributed by atoms with Crippen LogP contribution in [0.15, 0.2) is 18.2 Å². The summed E-state index contributed by atoms with van der Waals surface area (Å²) in [5.74, 6) is -0.195. The Morgan fingerprint density at radius 1 is 1.25 bits per heavy atom. The molecule has 0 fully saturated rings. The Balaban J connectivity index is 1.61. The van der Waals surface area contributed by atoms with Gasteiger partial charge in [-0.3, -0.25) is 9.89 Å². The summed E-state index contributed by atoms with van der Waals surface area (Å²) in [4.78, 5) is 25.7. The molecule has 0 atom stereocenters. The van der Waals surface area contributed by atoms with Crippen LogP contribution in [-0.4, -0.2) is 51.8 Å². The molecule has 124 valence electrons. The first-order chi connectivity index (χ1) is 11.6. The summed E-state index contributed by atoms with van der Waals surface area (Å²) in [5.41, 5.74) is 1.81. The molecule has 8 heteroatoms. The summed E-state index contributed by atoms with van der Waals surface area (Å²) in [7, 11) is 0. The van der Waals surface area contributed by atoms with Crippen molar-refractivity contribution in [3.05, 3.63) is 40.7 Å². The molecule has 0 bridgehead atoms. The molecule has 0 saturated heterocycles. The van der Waals surface area contributed by atoms with Gasteiger partial charge in [-0.15, -0.1) is 0 Å². The molecule has 2 N–H and O–H groups in total. The highest BCUT2D eigenvalue weighted by Gasteiger charge is 2.30. The Kier molecular flexibility index (Phi) is 3.37. The number of aromatic nitrogens is 2. The van der Waals surface area contributed by atoms with Crippen molar-refractivity contribution in [2.24, 2.45) is 0 Å². The first-order valence-corrected chi connectivity index (χ1v) is 7.62. The molecule has 0 spiro atoms. The second-order valence-electron chi connectivity index (χ2n) is 5.64. The molecule has 2 aliphatic heterocycles. The van der Waals surface area contributed by atoms with Gasteiger partial charge in [0.05, 0.1) is 17.8 Å². The van der Waals surface area contributed by atoms with Crippen molar-refractivity contribution in [3.63, 3.8) is 0 Å². The molecule has 1 aromatic heterocycles. The number of para-hydroxylation sites is 1. The van der Waals surface area contributed by atoms with Crippen LogP contribution in [0.1, 0.15) is 32.1 Å². The number of aromatic carboxylic acids is 1. The molecule has 3 heterocycles. The highest BCUT2D eigenvalue weighted by Crippen LogP contribution is 2.35. The number of hydrogen-bond donors (Lipinski definition) is 2. The van der Waals surface area contributed by atoms with E-state index in [0.717, 1.165) is 0 Å². The largest absolute Gasteiger partial charge is 0.486 e. The number of nitrogens with zero attached hydrogens (tertiary/aromatic N) is 2. The normalized spacial score (nSPS) is 15.8. The van der Waals surface area contributed by atoms with E-state index in [9.17, 15) is 9.59 Å². The van der Waals surface area contributed by atoms with Crippen LogP contribution < -0.4 is 9.47 Å². The number of ether oxygens (including phenoxy) is 2. The van der Waals surface area contributed by atoms with E-state index >= 15 is 0 Å². The lowest BCUT2D eigenvalue weighted by Gasteiger charge is -2.28. The van der Waals surface area contributed by atoms with Gasteiger partial charge in [0.25, 0.3) is 5.91 Å². The van der Waals surface area contributed by atoms with Crippen LogP contribution in [0.25, 0.3) is 0 Å². The second-order valence-corrected chi connectivity index (χ2v) is 5.64. The summed E-state index contributed by atoms with van der Waals surface area (Å²) >= 11 is 0. The summed E-state index contributed by atoms with van der Waals surface area (Å²) < 4.78 is 11.1. The molecule has 2 aromatic rings. The minimum atomic E-state index is -1.06. The van der Waals surface area contributed by atoms with Crippen LogP contribution in [0, 0.1) is 0 Å². The summed E-state index contributed by atoms with van der Waals surface area (Å²) in [6.07, 6.45) is 0.450. The van der Waals surface area contributed by atoms with Gasteiger partial charge < -0.3 is 19.5 Å². The molecular weight excluding hydrogens is 314 g/mol. The fourth-order valence-electron chi connectivity index (χ4n) is 3.08. The van der Waals surface area contributed by atoms with Crippen molar-refractivity contribution < 1.29 is 24.2 Å². The fraction of sp³-hybridized carbons (Fsp3) is 0.312. The van der Waals surface area contributed by atoms with Gasteiger partial charge in [0.15, 0.2) is 17.2 Å². The van der Waals surface area contributed by atoms with Gasteiger partial charge in [0.1, 0.15) is 13.2 Å². The zero-order chi connectivity index (χ0) is 16.7. The number of carboxylic acids is 1. The van der Waals surface area contributed by atoms with Crippen molar-refractivity contribution in [1.82, 2.24) is 15.1 Å². The lowest BCUT2D eigenvalue weighted by atomic mass is 10.0. The lowest BCUT2D eigenvalue weighted by Crippen LogP contribution is -2.36. The third kappa shape index (κ3) is 2.27. The third-order valence-corrected chi connectivity index (χ3v) is 4.22. The smallest absolute Gasteiger partial charge is 0.356 e. The van der Waals surface area contributed by atoms with Gasteiger partial charge in [0, 0.05) is 12.1 Å². The Morgan fingerprint density at radius 2 is 2.08 bits per heavy atom. The van der Waals surface area contributed by atoms with E-state index < -0.39 is 5.97 Å². The number of carbonyl (C=O) groups is 2. The van der Waals surface area contributed by atoms with Gasteiger partial charge >= 0.3 is 5.97 Å². The van der Waals surface area contributed by atoms with Crippen LogP contribution in [0.3, 0.4) is 0 Å². The zero-order valence-corrected chi connectivity index (χ0v) is 12.7. The molecule has 8 nitrogen and oxygen atoms in total. The fourth-order valence-corrected chi connectivity index (χ4v) is 3.08. The number of carbonyl (C=O) groups excluding carboxylic acids is 1. The predicted molar refractivity (Wildman–Crippen MR) is 81.4 cm³/mol. The van der Waals surface area contributed by atoms with E-state index in [0.29, 0.717) is 61.0 Å². The van der Waals surface area contributed by atoms with E-state index in [-0.39, 0.29) is 11.6 Å². The van der Waals surface area contributed by atoms with Crippen LogP contribution in [-0.2, 0) is 13.0 Å². The number of carboxylic acid groups (broad SMARTS) is 1. The van der Waals surface area contributed by atoms with Gasteiger partial charge in [-0.05, 0) is 18.6 Å². The molecule has 1 amide bonds. The zero-order valence-electron chi connectivity index (χ0n) is 12.7. The molecule has 0 radical (unpaired) electrons. The molecule has 0 unspecified atom stereocenters. The number of rotatable bonds is 2. The SMILES string of the molecule is O=C(O)c1n[nH]c2c1CCN(C(=O)c1cccc3c1OCCO3)C2. The van der Waals surface area contributed by atoms with Crippen LogP contribution in [0.5, 0.6) is 11.5 Å². The van der Waals surface area contributed by atoms with Crippen molar-refractivity contribution in [2.75, 3.05) is 19.8 Å². The Labute approximate surface area is 137 Å². The van der Waals surface area contributed by atoms with Gasteiger partial charge in [-0.1, -0.05) is 6.07 Å². The minimum Gasteiger partial charge on any atom is -0.486 e. The molecule has 1 aromatic carbocycles. The molecule has 4 rings (SSSR count). The van der Waals surface area contributed by atoms with Crippen molar-refractivity contribution in [2.45, 2.75) is 13.0 Å². The molecular formula is C16H15N3O5. The number of benzene rings is 1. The standard InChI is InChI=1S/C16H15N3O5/c20-15(10-2-1-3-12-14(10)24-7-6-23-12)19-5-4-9-11(8-19)17-18-13(9)16(21)22/h1-3H,4-8H2,(H,17,18)(H,21,22). The number of amides is 1. The summed E-state index contributed by atoms with van der Waals surface area (Å²) in [6, 6.07) is 5.24.